The molecule has 0 atom stereocenters. The van der Waals surface area contributed by atoms with Crippen molar-refractivity contribution in [2.45, 2.75) is 6.54 Å². The summed E-state index contributed by atoms with van der Waals surface area (Å²) >= 11 is 0. The number of anilines is 1. The smallest absolute Gasteiger partial charge is 0.337 e. The Balaban J connectivity index is 1.75. The highest BCUT2D eigenvalue weighted by Gasteiger charge is 2.12. The van der Waals surface area contributed by atoms with E-state index in [9.17, 15) is 4.79 Å². The van der Waals surface area contributed by atoms with Crippen molar-refractivity contribution < 1.29 is 19.4 Å². The van der Waals surface area contributed by atoms with Gasteiger partial charge < -0.3 is 19.9 Å². The summed E-state index contributed by atoms with van der Waals surface area (Å²) in [6, 6.07) is 12.6. The minimum Gasteiger partial charge on any atom is -0.486 e. The summed E-state index contributed by atoms with van der Waals surface area (Å²) in [4.78, 5) is 11.1. The van der Waals surface area contributed by atoms with E-state index in [0.717, 1.165) is 17.1 Å². The Hall–Kier alpha value is -2.69. The van der Waals surface area contributed by atoms with Crippen LogP contribution in [0.3, 0.4) is 0 Å². The lowest BCUT2D eigenvalue weighted by Crippen LogP contribution is -2.15. The number of hydrogen-bond acceptors (Lipinski definition) is 4. The monoisotopic (exact) mass is 285 g/mol. The summed E-state index contributed by atoms with van der Waals surface area (Å²) in [5, 5.41) is 12.3. The standard InChI is InChI=1S/C16H15NO4/c18-16(19)12-3-1-2-4-13(12)17-10-11-5-6-14-15(9-11)21-8-7-20-14/h1-6,9,17H,7-8,10H2,(H,18,19). The minimum absolute atomic E-state index is 0.259. The predicted molar refractivity (Wildman–Crippen MR) is 78.2 cm³/mol. The van der Waals surface area contributed by atoms with E-state index in [0.29, 0.717) is 25.4 Å². The van der Waals surface area contributed by atoms with Crippen LogP contribution in [0.1, 0.15) is 15.9 Å². The van der Waals surface area contributed by atoms with Crippen LogP contribution in [0.4, 0.5) is 5.69 Å². The van der Waals surface area contributed by atoms with Crippen LogP contribution in [0.2, 0.25) is 0 Å². The lowest BCUT2D eigenvalue weighted by Gasteiger charge is -2.19. The predicted octanol–water partition coefficient (Wildman–Crippen LogP) is 2.77. The van der Waals surface area contributed by atoms with Gasteiger partial charge in [0, 0.05) is 12.2 Å². The number of carbonyl (C=O) groups is 1. The van der Waals surface area contributed by atoms with Crippen molar-refractivity contribution in [1.82, 2.24) is 0 Å². The third-order valence-corrected chi connectivity index (χ3v) is 3.25. The number of hydrogen-bond donors (Lipinski definition) is 2. The van der Waals surface area contributed by atoms with Gasteiger partial charge in [-0.1, -0.05) is 18.2 Å². The Morgan fingerprint density at radius 3 is 2.67 bits per heavy atom. The molecule has 0 saturated carbocycles. The maximum absolute atomic E-state index is 11.1. The molecule has 0 aromatic heterocycles. The Morgan fingerprint density at radius 1 is 1.10 bits per heavy atom. The summed E-state index contributed by atoms with van der Waals surface area (Å²) in [7, 11) is 0. The molecule has 1 heterocycles. The third kappa shape index (κ3) is 2.91. The zero-order valence-corrected chi connectivity index (χ0v) is 11.3. The average molecular weight is 285 g/mol. The fraction of sp³-hybridized carbons (Fsp3) is 0.188. The number of carboxylic acid groups (broad SMARTS) is 1. The summed E-state index contributed by atoms with van der Waals surface area (Å²) in [6.07, 6.45) is 0. The molecule has 0 fully saturated rings. The molecule has 0 radical (unpaired) electrons. The van der Waals surface area contributed by atoms with Crippen molar-refractivity contribution in [3.05, 3.63) is 53.6 Å². The fourth-order valence-corrected chi connectivity index (χ4v) is 2.22. The molecule has 0 unspecified atom stereocenters. The largest absolute Gasteiger partial charge is 0.486 e. The van der Waals surface area contributed by atoms with Crippen LogP contribution < -0.4 is 14.8 Å². The SMILES string of the molecule is O=C(O)c1ccccc1NCc1ccc2c(c1)OCCO2. The highest BCUT2D eigenvalue weighted by Crippen LogP contribution is 2.31. The van der Waals surface area contributed by atoms with Gasteiger partial charge in [-0.05, 0) is 29.8 Å². The van der Waals surface area contributed by atoms with Crippen molar-refractivity contribution in [3.63, 3.8) is 0 Å². The van der Waals surface area contributed by atoms with Crippen LogP contribution in [0.25, 0.3) is 0 Å². The molecule has 0 saturated heterocycles. The molecular formula is C16H15NO4. The Morgan fingerprint density at radius 2 is 1.86 bits per heavy atom. The summed E-state index contributed by atoms with van der Waals surface area (Å²) in [6.45, 7) is 1.63. The number of carboxylic acids is 1. The van der Waals surface area contributed by atoms with Crippen molar-refractivity contribution in [1.29, 1.82) is 0 Å². The second-order valence-electron chi connectivity index (χ2n) is 4.68. The maximum Gasteiger partial charge on any atom is 0.337 e. The first-order valence-electron chi connectivity index (χ1n) is 6.69. The quantitative estimate of drug-likeness (QED) is 0.904. The second kappa shape index (κ2) is 5.75. The molecule has 5 nitrogen and oxygen atoms in total. The number of aromatic carboxylic acids is 1. The molecule has 1 aliphatic heterocycles. The van der Waals surface area contributed by atoms with Gasteiger partial charge in [-0.3, -0.25) is 0 Å². The van der Waals surface area contributed by atoms with Crippen LogP contribution in [0.15, 0.2) is 42.5 Å². The molecule has 21 heavy (non-hydrogen) atoms. The fourth-order valence-electron chi connectivity index (χ4n) is 2.22. The number of rotatable bonds is 4. The van der Waals surface area contributed by atoms with E-state index in [1.165, 1.54) is 0 Å². The summed E-state index contributed by atoms with van der Waals surface area (Å²) in [5.74, 6) is 0.531. The van der Waals surface area contributed by atoms with Crippen LogP contribution in [-0.4, -0.2) is 24.3 Å². The maximum atomic E-state index is 11.1. The van der Waals surface area contributed by atoms with Crippen LogP contribution in [0.5, 0.6) is 11.5 Å². The number of benzene rings is 2. The lowest BCUT2D eigenvalue weighted by atomic mass is 10.1. The van der Waals surface area contributed by atoms with E-state index in [2.05, 4.69) is 5.32 Å². The number of para-hydroxylation sites is 1. The van der Waals surface area contributed by atoms with Gasteiger partial charge in [0.15, 0.2) is 11.5 Å². The van der Waals surface area contributed by atoms with Gasteiger partial charge in [0.25, 0.3) is 0 Å². The molecule has 108 valence electrons. The highest BCUT2D eigenvalue weighted by molar-refractivity contribution is 5.94. The van der Waals surface area contributed by atoms with E-state index in [1.807, 2.05) is 18.2 Å². The molecule has 0 amide bonds. The molecule has 5 heteroatoms. The van der Waals surface area contributed by atoms with E-state index in [4.69, 9.17) is 14.6 Å². The zero-order valence-electron chi connectivity index (χ0n) is 11.3. The third-order valence-electron chi connectivity index (χ3n) is 3.25. The Kier molecular flexibility index (Phi) is 3.64. The molecule has 0 aliphatic carbocycles. The van der Waals surface area contributed by atoms with E-state index in [1.54, 1.807) is 24.3 Å². The van der Waals surface area contributed by atoms with Gasteiger partial charge in [0.1, 0.15) is 13.2 Å². The number of nitrogens with one attached hydrogen (secondary N) is 1. The van der Waals surface area contributed by atoms with Gasteiger partial charge in [-0.2, -0.15) is 0 Å². The minimum atomic E-state index is -0.944. The van der Waals surface area contributed by atoms with Crippen LogP contribution in [-0.2, 0) is 6.54 Å². The summed E-state index contributed by atoms with van der Waals surface area (Å²) < 4.78 is 11.0. The van der Waals surface area contributed by atoms with E-state index < -0.39 is 5.97 Å². The van der Waals surface area contributed by atoms with Crippen LogP contribution >= 0.6 is 0 Å². The Bertz CT molecular complexity index is 669. The molecule has 0 bridgehead atoms. The molecular weight excluding hydrogens is 270 g/mol. The molecule has 0 spiro atoms. The van der Waals surface area contributed by atoms with Crippen LogP contribution in [0, 0.1) is 0 Å². The molecule has 3 rings (SSSR count). The van der Waals surface area contributed by atoms with E-state index in [-0.39, 0.29) is 5.56 Å². The van der Waals surface area contributed by atoms with Gasteiger partial charge in [0.05, 0.1) is 5.56 Å². The first kappa shape index (κ1) is 13.3. The molecule has 2 aromatic carbocycles. The molecule has 2 N–H and O–H groups in total. The number of ether oxygens (including phenoxy) is 2. The Labute approximate surface area is 122 Å². The highest BCUT2D eigenvalue weighted by atomic mass is 16.6. The van der Waals surface area contributed by atoms with Gasteiger partial charge in [-0.25, -0.2) is 4.79 Å². The average Bonchev–Trinajstić information content (AvgIpc) is 2.53. The molecule has 2 aromatic rings. The second-order valence-corrected chi connectivity index (χ2v) is 4.68. The zero-order chi connectivity index (χ0) is 14.7. The van der Waals surface area contributed by atoms with Gasteiger partial charge in [-0.15, -0.1) is 0 Å². The van der Waals surface area contributed by atoms with Gasteiger partial charge in [0.2, 0.25) is 0 Å². The van der Waals surface area contributed by atoms with Crippen molar-refractivity contribution >= 4 is 11.7 Å². The number of fused-ring (bicyclic) bond motifs is 1. The first-order chi connectivity index (χ1) is 10.2. The van der Waals surface area contributed by atoms with Crippen molar-refractivity contribution in [2.75, 3.05) is 18.5 Å². The van der Waals surface area contributed by atoms with Gasteiger partial charge >= 0.3 is 5.97 Å². The topological polar surface area (TPSA) is 67.8 Å². The van der Waals surface area contributed by atoms with Crippen molar-refractivity contribution in [2.24, 2.45) is 0 Å². The van der Waals surface area contributed by atoms with Crippen molar-refractivity contribution in [3.8, 4) is 11.5 Å². The first-order valence-corrected chi connectivity index (χ1v) is 6.69. The lowest BCUT2D eigenvalue weighted by molar-refractivity contribution is 0.0698. The molecule has 1 aliphatic rings. The van der Waals surface area contributed by atoms with E-state index >= 15 is 0 Å². The normalized spacial score (nSPS) is 12.8. The summed E-state index contributed by atoms with van der Waals surface area (Å²) in [5.41, 5.74) is 1.86.